The number of ether oxygens (including phenoxy) is 1. The zero-order valence-electron chi connectivity index (χ0n) is 9.87. The molecule has 1 fully saturated rings. The highest BCUT2D eigenvalue weighted by molar-refractivity contribution is 7.91. The summed E-state index contributed by atoms with van der Waals surface area (Å²) in [5.41, 5.74) is 0.666. The molecule has 1 aliphatic heterocycles. The first-order valence-corrected chi connectivity index (χ1v) is 7.48. The van der Waals surface area contributed by atoms with Crippen LogP contribution in [0.4, 0.5) is 0 Å². The quantitative estimate of drug-likeness (QED) is 0.816. The van der Waals surface area contributed by atoms with Gasteiger partial charge in [0.25, 0.3) is 0 Å². The molecule has 1 aromatic rings. The van der Waals surface area contributed by atoms with E-state index in [0.717, 1.165) is 0 Å². The topological polar surface area (TPSA) is 80.0 Å². The molecule has 0 amide bonds. The van der Waals surface area contributed by atoms with Crippen LogP contribution in [0.1, 0.15) is 24.1 Å². The van der Waals surface area contributed by atoms with Crippen molar-refractivity contribution in [1.82, 2.24) is 4.98 Å². The molecular formula is C12H14N2O3S. The Morgan fingerprint density at radius 1 is 1.44 bits per heavy atom. The maximum absolute atomic E-state index is 12.2. The molecule has 6 heteroatoms. The lowest BCUT2D eigenvalue weighted by Gasteiger charge is -2.22. The molecular weight excluding hydrogens is 252 g/mol. The van der Waals surface area contributed by atoms with Crippen molar-refractivity contribution in [2.45, 2.75) is 23.8 Å². The van der Waals surface area contributed by atoms with E-state index in [1.807, 2.05) is 6.07 Å². The summed E-state index contributed by atoms with van der Waals surface area (Å²) >= 11 is 0. The van der Waals surface area contributed by atoms with Crippen LogP contribution in [0, 0.1) is 11.3 Å². The fourth-order valence-corrected chi connectivity index (χ4v) is 3.84. The highest BCUT2D eigenvalue weighted by Gasteiger charge is 2.28. The number of sulfone groups is 1. The van der Waals surface area contributed by atoms with E-state index < -0.39 is 9.84 Å². The van der Waals surface area contributed by atoms with Crippen molar-refractivity contribution in [3.8, 4) is 6.07 Å². The van der Waals surface area contributed by atoms with E-state index >= 15 is 0 Å². The summed E-state index contributed by atoms with van der Waals surface area (Å²) in [5.74, 6) is -0.117. The third-order valence-electron chi connectivity index (χ3n) is 3.03. The van der Waals surface area contributed by atoms with Crippen LogP contribution in [0.5, 0.6) is 0 Å². The smallest absolute Gasteiger partial charge is 0.157 e. The molecule has 18 heavy (non-hydrogen) atoms. The van der Waals surface area contributed by atoms with E-state index in [2.05, 4.69) is 4.98 Å². The average Bonchev–Trinajstić information content (AvgIpc) is 2.40. The molecule has 0 spiro atoms. The van der Waals surface area contributed by atoms with Crippen molar-refractivity contribution in [1.29, 1.82) is 5.26 Å². The Morgan fingerprint density at radius 3 is 2.83 bits per heavy atom. The van der Waals surface area contributed by atoms with Gasteiger partial charge in [0, 0.05) is 25.0 Å². The van der Waals surface area contributed by atoms with Crippen molar-refractivity contribution in [3.05, 3.63) is 29.6 Å². The van der Waals surface area contributed by atoms with Crippen LogP contribution in [-0.4, -0.2) is 31.9 Å². The number of hydrogen-bond donors (Lipinski definition) is 0. The molecule has 96 valence electrons. The van der Waals surface area contributed by atoms with Gasteiger partial charge in [-0.3, -0.25) is 0 Å². The summed E-state index contributed by atoms with van der Waals surface area (Å²) in [6, 6.07) is 5.21. The fourth-order valence-electron chi connectivity index (χ4n) is 2.03. The molecule has 0 atom stereocenters. The molecule has 0 unspecified atom stereocenters. The van der Waals surface area contributed by atoms with Crippen molar-refractivity contribution < 1.29 is 13.2 Å². The maximum Gasteiger partial charge on any atom is 0.157 e. The normalized spacial score (nSPS) is 17.3. The summed E-state index contributed by atoms with van der Waals surface area (Å²) < 4.78 is 29.6. The number of pyridine rings is 1. The largest absolute Gasteiger partial charge is 0.381 e. The molecule has 1 aliphatic rings. The Morgan fingerprint density at radius 2 is 2.17 bits per heavy atom. The second-order valence-electron chi connectivity index (χ2n) is 4.24. The highest BCUT2D eigenvalue weighted by Crippen LogP contribution is 2.20. The summed E-state index contributed by atoms with van der Waals surface area (Å²) in [7, 11) is -3.24. The van der Waals surface area contributed by atoms with Gasteiger partial charge in [0.1, 0.15) is 11.8 Å². The third-order valence-corrected chi connectivity index (χ3v) is 5.23. The van der Waals surface area contributed by atoms with Crippen molar-refractivity contribution in [2.24, 2.45) is 0 Å². The Hall–Kier alpha value is -1.45. The molecule has 0 bridgehead atoms. The predicted molar refractivity (Wildman–Crippen MR) is 65.4 cm³/mol. The van der Waals surface area contributed by atoms with Gasteiger partial charge in [-0.05, 0) is 18.9 Å². The number of aromatic nitrogens is 1. The lowest BCUT2D eigenvalue weighted by molar-refractivity contribution is 0.0983. The second-order valence-corrected chi connectivity index (χ2v) is 6.52. The van der Waals surface area contributed by atoms with Gasteiger partial charge in [-0.2, -0.15) is 5.26 Å². The van der Waals surface area contributed by atoms with E-state index in [1.54, 1.807) is 12.1 Å². The maximum atomic E-state index is 12.2. The Balaban J connectivity index is 2.19. The van der Waals surface area contributed by atoms with Crippen LogP contribution in [0.2, 0.25) is 0 Å². The van der Waals surface area contributed by atoms with Crippen molar-refractivity contribution >= 4 is 9.84 Å². The summed E-state index contributed by atoms with van der Waals surface area (Å²) in [6.45, 7) is 0.976. The van der Waals surface area contributed by atoms with Gasteiger partial charge in [-0.1, -0.05) is 6.07 Å². The summed E-state index contributed by atoms with van der Waals surface area (Å²) in [4.78, 5) is 3.88. The first kappa shape index (κ1) is 13.0. The van der Waals surface area contributed by atoms with Crippen molar-refractivity contribution in [2.75, 3.05) is 13.2 Å². The minimum absolute atomic E-state index is 0.117. The van der Waals surface area contributed by atoms with Crippen LogP contribution >= 0.6 is 0 Å². The second kappa shape index (κ2) is 5.46. The van der Waals surface area contributed by atoms with Crippen LogP contribution in [-0.2, 0) is 20.3 Å². The van der Waals surface area contributed by atoms with Crippen LogP contribution in [0.3, 0.4) is 0 Å². The molecule has 2 rings (SSSR count). The zero-order valence-corrected chi connectivity index (χ0v) is 10.7. The Bertz CT molecular complexity index is 557. The average molecular weight is 266 g/mol. The van der Waals surface area contributed by atoms with E-state index in [-0.39, 0.29) is 16.7 Å². The summed E-state index contributed by atoms with van der Waals surface area (Å²) in [6.07, 6.45) is 2.55. The first-order chi connectivity index (χ1) is 8.63. The number of rotatable bonds is 3. The number of hydrogen-bond acceptors (Lipinski definition) is 5. The minimum atomic E-state index is -3.24. The van der Waals surface area contributed by atoms with Crippen LogP contribution in [0.15, 0.2) is 18.3 Å². The monoisotopic (exact) mass is 266 g/mol. The van der Waals surface area contributed by atoms with Gasteiger partial charge in [0.2, 0.25) is 0 Å². The summed E-state index contributed by atoms with van der Waals surface area (Å²) in [5, 5.41) is 8.54. The Kier molecular flexibility index (Phi) is 3.94. The molecule has 0 radical (unpaired) electrons. The van der Waals surface area contributed by atoms with E-state index in [0.29, 0.717) is 31.6 Å². The molecule has 1 aromatic heterocycles. The van der Waals surface area contributed by atoms with Gasteiger partial charge in [-0.15, -0.1) is 0 Å². The molecule has 2 heterocycles. The molecule has 0 N–H and O–H groups in total. The molecule has 0 aliphatic carbocycles. The predicted octanol–water partition coefficient (Wildman–Crippen LogP) is 1.05. The van der Waals surface area contributed by atoms with Gasteiger partial charge in [0.05, 0.1) is 11.0 Å². The zero-order chi connectivity index (χ0) is 13.0. The number of nitriles is 1. The van der Waals surface area contributed by atoms with E-state index in [4.69, 9.17) is 10.00 Å². The molecule has 1 saturated heterocycles. The molecule has 0 saturated carbocycles. The molecule has 0 aromatic carbocycles. The Labute approximate surface area is 106 Å². The van der Waals surface area contributed by atoms with Crippen LogP contribution in [0.25, 0.3) is 0 Å². The van der Waals surface area contributed by atoms with Crippen LogP contribution < -0.4 is 0 Å². The van der Waals surface area contributed by atoms with Gasteiger partial charge >= 0.3 is 0 Å². The van der Waals surface area contributed by atoms with Gasteiger partial charge in [0.15, 0.2) is 9.84 Å². The third kappa shape index (κ3) is 2.86. The van der Waals surface area contributed by atoms with Gasteiger partial charge in [-0.25, -0.2) is 13.4 Å². The minimum Gasteiger partial charge on any atom is -0.381 e. The fraction of sp³-hybridized carbons (Fsp3) is 0.500. The standard InChI is InChI=1S/C12H14N2O3S/c13-8-12-10(2-1-5-14-12)9-18(15,16)11-3-6-17-7-4-11/h1-2,5,11H,3-4,6-7,9H2. The first-order valence-electron chi connectivity index (χ1n) is 5.77. The van der Waals surface area contributed by atoms with E-state index in [1.165, 1.54) is 6.20 Å². The lowest BCUT2D eigenvalue weighted by Crippen LogP contribution is -2.30. The SMILES string of the molecule is N#Cc1ncccc1CS(=O)(=O)C1CCOCC1. The van der Waals surface area contributed by atoms with E-state index in [9.17, 15) is 8.42 Å². The lowest BCUT2D eigenvalue weighted by atomic mass is 10.2. The highest BCUT2D eigenvalue weighted by atomic mass is 32.2. The van der Waals surface area contributed by atoms with Gasteiger partial charge < -0.3 is 4.74 Å². The molecule has 5 nitrogen and oxygen atoms in total. The number of nitrogens with zero attached hydrogens (tertiary/aromatic N) is 2. The van der Waals surface area contributed by atoms with Crippen molar-refractivity contribution in [3.63, 3.8) is 0 Å².